The molecule has 0 atom stereocenters. The molecule has 0 saturated heterocycles. The highest BCUT2D eigenvalue weighted by molar-refractivity contribution is 7.89. The molecule has 0 aromatic heterocycles. The van der Waals surface area contributed by atoms with Crippen LogP contribution in [-0.4, -0.2) is 39.4 Å². The molecule has 5 nitrogen and oxygen atoms in total. The Balaban J connectivity index is 3.14. The Morgan fingerprint density at radius 3 is 2.39 bits per heavy atom. The molecule has 1 N–H and O–H groups in total. The van der Waals surface area contributed by atoms with E-state index in [2.05, 4.69) is 4.72 Å². The lowest BCUT2D eigenvalue weighted by Crippen LogP contribution is -2.30. The first-order valence-electron chi connectivity index (χ1n) is 5.79. The van der Waals surface area contributed by atoms with Gasteiger partial charge < -0.3 is 4.90 Å². The molecule has 0 saturated carbocycles. The SMILES string of the molecule is CCN(CC)C(=O)c1cccc(S(=O)(=O)NC)c1. The molecule has 0 radical (unpaired) electrons. The Bertz CT molecular complexity index is 522. The van der Waals surface area contributed by atoms with E-state index in [1.165, 1.54) is 19.2 Å². The molecule has 1 aromatic carbocycles. The summed E-state index contributed by atoms with van der Waals surface area (Å²) in [6.07, 6.45) is 0. The molecule has 6 heteroatoms. The largest absolute Gasteiger partial charge is 0.339 e. The summed E-state index contributed by atoms with van der Waals surface area (Å²) < 4.78 is 25.5. The number of rotatable bonds is 5. The highest BCUT2D eigenvalue weighted by atomic mass is 32.2. The number of sulfonamides is 1. The van der Waals surface area contributed by atoms with Crippen LogP contribution in [0.25, 0.3) is 0 Å². The van der Waals surface area contributed by atoms with Crippen molar-refractivity contribution in [1.82, 2.24) is 9.62 Å². The van der Waals surface area contributed by atoms with Gasteiger partial charge in [0.15, 0.2) is 0 Å². The van der Waals surface area contributed by atoms with Crippen LogP contribution in [0.2, 0.25) is 0 Å². The lowest BCUT2D eigenvalue weighted by atomic mass is 10.2. The van der Waals surface area contributed by atoms with Crippen molar-refractivity contribution in [1.29, 1.82) is 0 Å². The van der Waals surface area contributed by atoms with E-state index in [0.29, 0.717) is 18.7 Å². The minimum Gasteiger partial charge on any atom is -0.339 e. The highest BCUT2D eigenvalue weighted by Crippen LogP contribution is 2.13. The quantitative estimate of drug-likeness (QED) is 0.870. The third-order valence-electron chi connectivity index (χ3n) is 2.71. The van der Waals surface area contributed by atoms with Gasteiger partial charge in [-0.25, -0.2) is 13.1 Å². The maximum Gasteiger partial charge on any atom is 0.253 e. The Labute approximate surface area is 108 Å². The number of nitrogens with zero attached hydrogens (tertiary/aromatic N) is 1. The van der Waals surface area contributed by atoms with E-state index < -0.39 is 10.0 Å². The summed E-state index contributed by atoms with van der Waals surface area (Å²) in [5, 5.41) is 0. The van der Waals surface area contributed by atoms with Crippen molar-refractivity contribution < 1.29 is 13.2 Å². The molecule has 0 heterocycles. The standard InChI is InChI=1S/C12H18N2O3S/c1-4-14(5-2)12(15)10-7-6-8-11(9-10)18(16,17)13-3/h6-9,13H,4-5H2,1-3H3. The minimum atomic E-state index is -3.51. The summed E-state index contributed by atoms with van der Waals surface area (Å²) in [4.78, 5) is 13.8. The van der Waals surface area contributed by atoms with Crippen LogP contribution < -0.4 is 4.72 Å². The third-order valence-corrected chi connectivity index (χ3v) is 4.12. The lowest BCUT2D eigenvalue weighted by Gasteiger charge is -2.18. The fourth-order valence-corrected chi connectivity index (χ4v) is 2.38. The second-order valence-electron chi connectivity index (χ2n) is 3.71. The van der Waals surface area contributed by atoms with E-state index in [9.17, 15) is 13.2 Å². The van der Waals surface area contributed by atoms with Crippen molar-refractivity contribution in [3.8, 4) is 0 Å². The Hall–Kier alpha value is -1.40. The van der Waals surface area contributed by atoms with Gasteiger partial charge in [0.2, 0.25) is 10.0 Å². The molecule has 0 fully saturated rings. The predicted octanol–water partition coefficient (Wildman–Crippen LogP) is 1.08. The molecule has 0 unspecified atom stereocenters. The minimum absolute atomic E-state index is 0.100. The van der Waals surface area contributed by atoms with Gasteiger partial charge in [-0.05, 0) is 39.1 Å². The molecule has 1 amide bonds. The summed E-state index contributed by atoms with van der Waals surface area (Å²) in [5.74, 6) is -0.159. The first kappa shape index (κ1) is 14.7. The first-order chi connectivity index (χ1) is 8.46. The van der Waals surface area contributed by atoms with Crippen molar-refractivity contribution in [3.63, 3.8) is 0 Å². The van der Waals surface area contributed by atoms with Crippen LogP contribution in [0.4, 0.5) is 0 Å². The fraction of sp³-hybridized carbons (Fsp3) is 0.417. The Morgan fingerprint density at radius 2 is 1.89 bits per heavy atom. The van der Waals surface area contributed by atoms with Crippen LogP contribution in [0.5, 0.6) is 0 Å². The second-order valence-corrected chi connectivity index (χ2v) is 5.60. The monoisotopic (exact) mass is 270 g/mol. The van der Waals surface area contributed by atoms with Gasteiger partial charge in [-0.15, -0.1) is 0 Å². The molecule has 1 rings (SSSR count). The summed E-state index contributed by atoms with van der Waals surface area (Å²) in [6.45, 7) is 4.96. The van der Waals surface area contributed by atoms with E-state index in [-0.39, 0.29) is 10.8 Å². The average Bonchev–Trinajstić information content (AvgIpc) is 2.40. The highest BCUT2D eigenvalue weighted by Gasteiger charge is 2.16. The number of benzene rings is 1. The maximum absolute atomic E-state index is 12.1. The molecule has 18 heavy (non-hydrogen) atoms. The van der Waals surface area contributed by atoms with Gasteiger partial charge in [0.1, 0.15) is 0 Å². The Morgan fingerprint density at radius 1 is 1.28 bits per heavy atom. The van der Waals surface area contributed by atoms with Crippen LogP contribution in [0.15, 0.2) is 29.2 Å². The van der Waals surface area contributed by atoms with Crippen molar-refractivity contribution in [2.75, 3.05) is 20.1 Å². The maximum atomic E-state index is 12.1. The summed E-state index contributed by atoms with van der Waals surface area (Å²) in [6, 6.07) is 6.05. The summed E-state index contributed by atoms with van der Waals surface area (Å²) in [7, 11) is -2.17. The predicted molar refractivity (Wildman–Crippen MR) is 69.9 cm³/mol. The van der Waals surface area contributed by atoms with Gasteiger partial charge in [-0.3, -0.25) is 4.79 Å². The number of amides is 1. The molecule has 0 aliphatic heterocycles. The number of hydrogen-bond donors (Lipinski definition) is 1. The molecule has 1 aromatic rings. The molecular formula is C12H18N2O3S. The molecule has 0 aliphatic carbocycles. The van der Waals surface area contributed by atoms with Crippen LogP contribution in [0.1, 0.15) is 24.2 Å². The van der Waals surface area contributed by atoms with Crippen LogP contribution in [-0.2, 0) is 10.0 Å². The zero-order valence-electron chi connectivity index (χ0n) is 10.8. The van der Waals surface area contributed by atoms with E-state index in [1.54, 1.807) is 17.0 Å². The first-order valence-corrected chi connectivity index (χ1v) is 7.27. The van der Waals surface area contributed by atoms with E-state index >= 15 is 0 Å². The number of nitrogens with one attached hydrogen (secondary N) is 1. The summed E-state index contributed by atoms with van der Waals surface area (Å²) >= 11 is 0. The van der Waals surface area contributed by atoms with Crippen molar-refractivity contribution in [3.05, 3.63) is 29.8 Å². The van der Waals surface area contributed by atoms with Crippen molar-refractivity contribution in [2.24, 2.45) is 0 Å². The van der Waals surface area contributed by atoms with Gasteiger partial charge in [-0.2, -0.15) is 0 Å². The number of carbonyl (C=O) groups excluding carboxylic acids is 1. The van der Waals surface area contributed by atoms with Crippen LogP contribution >= 0.6 is 0 Å². The smallest absolute Gasteiger partial charge is 0.253 e. The fourth-order valence-electron chi connectivity index (χ4n) is 1.61. The van der Waals surface area contributed by atoms with E-state index in [4.69, 9.17) is 0 Å². The van der Waals surface area contributed by atoms with E-state index in [0.717, 1.165) is 0 Å². The molecule has 0 spiro atoms. The van der Waals surface area contributed by atoms with Gasteiger partial charge in [0, 0.05) is 18.7 Å². The molecular weight excluding hydrogens is 252 g/mol. The van der Waals surface area contributed by atoms with Crippen LogP contribution in [0.3, 0.4) is 0 Å². The molecule has 100 valence electrons. The van der Waals surface area contributed by atoms with Gasteiger partial charge in [0.25, 0.3) is 5.91 Å². The van der Waals surface area contributed by atoms with Crippen molar-refractivity contribution >= 4 is 15.9 Å². The normalized spacial score (nSPS) is 11.3. The topological polar surface area (TPSA) is 66.5 Å². The van der Waals surface area contributed by atoms with E-state index in [1.807, 2.05) is 13.8 Å². The molecule has 0 aliphatic rings. The van der Waals surface area contributed by atoms with Crippen molar-refractivity contribution in [2.45, 2.75) is 18.7 Å². The third kappa shape index (κ3) is 3.08. The number of carbonyl (C=O) groups is 1. The number of hydrogen-bond acceptors (Lipinski definition) is 3. The van der Waals surface area contributed by atoms with Crippen LogP contribution in [0, 0.1) is 0 Å². The lowest BCUT2D eigenvalue weighted by molar-refractivity contribution is 0.0772. The summed E-state index contributed by atoms with van der Waals surface area (Å²) in [5.41, 5.74) is 0.384. The van der Waals surface area contributed by atoms with Gasteiger partial charge in [0.05, 0.1) is 4.90 Å². The zero-order valence-corrected chi connectivity index (χ0v) is 11.6. The second kappa shape index (κ2) is 5.97. The van der Waals surface area contributed by atoms with Gasteiger partial charge >= 0.3 is 0 Å². The zero-order chi connectivity index (χ0) is 13.8. The molecule has 0 bridgehead atoms. The average molecular weight is 270 g/mol. The van der Waals surface area contributed by atoms with Gasteiger partial charge in [-0.1, -0.05) is 6.07 Å². The Kier molecular flexibility index (Phi) is 4.86.